The highest BCUT2D eigenvalue weighted by molar-refractivity contribution is 5.78. The lowest BCUT2D eigenvalue weighted by molar-refractivity contribution is 0.723. The van der Waals surface area contributed by atoms with Gasteiger partial charge in [-0.05, 0) is 32.4 Å². The minimum absolute atomic E-state index is 0.310. The van der Waals surface area contributed by atoms with E-state index in [-0.39, 0.29) is 0 Å². The predicted octanol–water partition coefficient (Wildman–Crippen LogP) is 1.20. The largest absolute Gasteiger partial charge is 0.370 e. The maximum absolute atomic E-state index is 5.67. The quantitative estimate of drug-likeness (QED) is 0.577. The molecule has 1 aromatic rings. The van der Waals surface area contributed by atoms with E-state index >= 15 is 0 Å². The summed E-state index contributed by atoms with van der Waals surface area (Å²) in [6.45, 7) is 6.58. The minimum atomic E-state index is 0.310. The van der Waals surface area contributed by atoms with Crippen LogP contribution in [-0.2, 0) is 6.54 Å². The number of aryl methyl sites for hydroxylation is 1. The van der Waals surface area contributed by atoms with Gasteiger partial charge in [-0.1, -0.05) is 6.07 Å². The first-order chi connectivity index (χ1) is 7.08. The molecule has 0 fully saturated rings. The van der Waals surface area contributed by atoms with Crippen molar-refractivity contribution in [2.45, 2.75) is 33.4 Å². The van der Waals surface area contributed by atoms with Crippen LogP contribution in [0.1, 0.15) is 25.1 Å². The molecule has 1 rings (SSSR count). The van der Waals surface area contributed by atoms with E-state index in [9.17, 15) is 0 Å². The first-order valence-corrected chi connectivity index (χ1v) is 5.06. The Morgan fingerprint density at radius 1 is 1.53 bits per heavy atom. The molecule has 0 unspecified atom stereocenters. The summed E-state index contributed by atoms with van der Waals surface area (Å²) < 4.78 is 0. The summed E-state index contributed by atoms with van der Waals surface area (Å²) in [5.41, 5.74) is 7.75. The van der Waals surface area contributed by atoms with Gasteiger partial charge >= 0.3 is 0 Å². The van der Waals surface area contributed by atoms with Crippen molar-refractivity contribution in [1.29, 1.82) is 0 Å². The summed E-state index contributed by atoms with van der Waals surface area (Å²) in [7, 11) is 0. The number of nitrogens with two attached hydrogens (primary N) is 1. The molecule has 1 heterocycles. The summed E-state index contributed by atoms with van der Waals surface area (Å²) in [5, 5.41) is 3.03. The summed E-state index contributed by atoms with van der Waals surface area (Å²) in [6.07, 6.45) is 1.82. The first-order valence-electron chi connectivity index (χ1n) is 5.06. The Labute approximate surface area is 90.6 Å². The fourth-order valence-electron chi connectivity index (χ4n) is 1.11. The molecule has 0 spiro atoms. The summed E-state index contributed by atoms with van der Waals surface area (Å²) in [4.78, 5) is 8.40. The molecule has 0 aliphatic carbocycles. The monoisotopic (exact) mass is 206 g/mol. The fourth-order valence-corrected chi connectivity index (χ4v) is 1.11. The Hall–Kier alpha value is -1.58. The number of guanidine groups is 1. The zero-order chi connectivity index (χ0) is 11.3. The van der Waals surface area contributed by atoms with Gasteiger partial charge in [0.25, 0.3) is 0 Å². The van der Waals surface area contributed by atoms with E-state index in [1.807, 2.05) is 39.1 Å². The van der Waals surface area contributed by atoms with Crippen LogP contribution in [0, 0.1) is 6.92 Å². The molecule has 15 heavy (non-hydrogen) atoms. The first kappa shape index (κ1) is 11.5. The molecule has 0 aromatic carbocycles. The molecule has 0 amide bonds. The number of aliphatic imine (C=N–C) groups is 1. The summed E-state index contributed by atoms with van der Waals surface area (Å²) >= 11 is 0. The molecule has 0 bridgehead atoms. The maximum Gasteiger partial charge on any atom is 0.189 e. The van der Waals surface area contributed by atoms with E-state index < -0.39 is 0 Å². The van der Waals surface area contributed by atoms with Gasteiger partial charge in [0.15, 0.2) is 5.96 Å². The van der Waals surface area contributed by atoms with Crippen molar-refractivity contribution in [2.75, 3.05) is 0 Å². The average Bonchev–Trinajstić information content (AvgIpc) is 2.16. The second-order valence-corrected chi connectivity index (χ2v) is 3.81. The van der Waals surface area contributed by atoms with Crippen molar-refractivity contribution in [1.82, 2.24) is 10.3 Å². The fraction of sp³-hybridized carbons (Fsp3) is 0.455. The van der Waals surface area contributed by atoms with Gasteiger partial charge < -0.3 is 11.1 Å². The predicted molar refractivity (Wildman–Crippen MR) is 62.6 cm³/mol. The molecule has 4 heteroatoms. The van der Waals surface area contributed by atoms with Crippen molar-refractivity contribution in [3.8, 4) is 0 Å². The van der Waals surface area contributed by atoms with Crippen LogP contribution in [0.15, 0.2) is 23.3 Å². The van der Waals surface area contributed by atoms with Crippen LogP contribution in [0.2, 0.25) is 0 Å². The van der Waals surface area contributed by atoms with E-state index in [0.717, 1.165) is 11.3 Å². The van der Waals surface area contributed by atoms with E-state index in [2.05, 4.69) is 15.3 Å². The molecule has 1 aromatic heterocycles. The standard InChI is InChI=1S/C11H18N4/c1-8(2)15-11(12)14-7-10-5-4-9(3)13-6-10/h4-6,8H,7H2,1-3H3,(H3,12,14,15). The molecule has 0 aliphatic heterocycles. The summed E-state index contributed by atoms with van der Waals surface area (Å²) in [5.74, 6) is 0.477. The van der Waals surface area contributed by atoms with Gasteiger partial charge in [-0.3, -0.25) is 4.98 Å². The Morgan fingerprint density at radius 2 is 2.27 bits per heavy atom. The van der Waals surface area contributed by atoms with Crippen LogP contribution in [-0.4, -0.2) is 17.0 Å². The molecular weight excluding hydrogens is 188 g/mol. The number of nitrogens with zero attached hydrogens (tertiary/aromatic N) is 2. The zero-order valence-electron chi connectivity index (χ0n) is 9.49. The highest BCUT2D eigenvalue weighted by atomic mass is 15.1. The zero-order valence-corrected chi connectivity index (χ0v) is 9.49. The Balaban J connectivity index is 2.52. The SMILES string of the molecule is Cc1ccc(CN=C(N)NC(C)C)cn1. The number of hydrogen-bond acceptors (Lipinski definition) is 2. The normalized spacial score (nSPS) is 11.9. The lowest BCUT2D eigenvalue weighted by atomic mass is 10.2. The third-order valence-corrected chi connectivity index (χ3v) is 1.84. The van der Waals surface area contributed by atoms with E-state index in [1.165, 1.54) is 0 Å². The highest BCUT2D eigenvalue weighted by Gasteiger charge is 1.95. The van der Waals surface area contributed by atoms with Crippen LogP contribution < -0.4 is 11.1 Å². The van der Waals surface area contributed by atoms with Gasteiger partial charge in [-0.2, -0.15) is 0 Å². The average molecular weight is 206 g/mol. The third-order valence-electron chi connectivity index (χ3n) is 1.84. The Morgan fingerprint density at radius 3 is 2.80 bits per heavy atom. The molecular formula is C11H18N4. The van der Waals surface area contributed by atoms with Crippen LogP contribution in [0.25, 0.3) is 0 Å². The van der Waals surface area contributed by atoms with Crippen LogP contribution in [0.5, 0.6) is 0 Å². The Bertz CT molecular complexity index is 327. The molecule has 0 saturated heterocycles. The van der Waals surface area contributed by atoms with Gasteiger partial charge in [-0.15, -0.1) is 0 Å². The van der Waals surface area contributed by atoms with Crippen LogP contribution in [0.3, 0.4) is 0 Å². The minimum Gasteiger partial charge on any atom is -0.370 e. The molecule has 82 valence electrons. The van der Waals surface area contributed by atoms with E-state index in [1.54, 1.807) is 0 Å². The van der Waals surface area contributed by atoms with Crippen molar-refractivity contribution in [2.24, 2.45) is 10.7 Å². The molecule has 0 atom stereocenters. The van der Waals surface area contributed by atoms with Crippen LogP contribution >= 0.6 is 0 Å². The van der Waals surface area contributed by atoms with Gasteiger partial charge in [0.2, 0.25) is 0 Å². The number of rotatable bonds is 3. The third kappa shape index (κ3) is 4.44. The molecule has 0 radical (unpaired) electrons. The lowest BCUT2D eigenvalue weighted by Gasteiger charge is -2.08. The van der Waals surface area contributed by atoms with E-state index in [0.29, 0.717) is 18.5 Å². The smallest absolute Gasteiger partial charge is 0.189 e. The van der Waals surface area contributed by atoms with Gasteiger partial charge in [0, 0.05) is 17.9 Å². The van der Waals surface area contributed by atoms with Gasteiger partial charge in [0.1, 0.15) is 0 Å². The molecule has 0 saturated carbocycles. The summed E-state index contributed by atoms with van der Waals surface area (Å²) in [6, 6.07) is 4.29. The number of aromatic nitrogens is 1. The number of hydrogen-bond donors (Lipinski definition) is 2. The molecule has 0 aliphatic rings. The lowest BCUT2D eigenvalue weighted by Crippen LogP contribution is -2.36. The van der Waals surface area contributed by atoms with E-state index in [4.69, 9.17) is 5.73 Å². The van der Waals surface area contributed by atoms with Crippen molar-refractivity contribution in [3.63, 3.8) is 0 Å². The van der Waals surface area contributed by atoms with Crippen molar-refractivity contribution in [3.05, 3.63) is 29.6 Å². The van der Waals surface area contributed by atoms with Gasteiger partial charge in [0.05, 0.1) is 6.54 Å². The second kappa shape index (κ2) is 5.34. The molecule has 4 nitrogen and oxygen atoms in total. The van der Waals surface area contributed by atoms with Crippen LogP contribution in [0.4, 0.5) is 0 Å². The maximum atomic E-state index is 5.67. The Kier molecular flexibility index (Phi) is 4.09. The van der Waals surface area contributed by atoms with Crippen molar-refractivity contribution >= 4 is 5.96 Å². The molecule has 3 N–H and O–H groups in total. The van der Waals surface area contributed by atoms with Gasteiger partial charge in [-0.25, -0.2) is 4.99 Å². The number of nitrogens with one attached hydrogen (secondary N) is 1. The topological polar surface area (TPSA) is 63.3 Å². The highest BCUT2D eigenvalue weighted by Crippen LogP contribution is 2.00. The number of pyridine rings is 1. The second-order valence-electron chi connectivity index (χ2n) is 3.81. The van der Waals surface area contributed by atoms with Crippen molar-refractivity contribution < 1.29 is 0 Å².